The monoisotopic (exact) mass is 319 g/mol. The van der Waals surface area contributed by atoms with Crippen LogP contribution < -0.4 is 0 Å². The summed E-state index contributed by atoms with van der Waals surface area (Å²) in [6.07, 6.45) is 5.97. The van der Waals surface area contributed by atoms with Crippen molar-refractivity contribution < 1.29 is 13.2 Å². The Kier molecular flexibility index (Phi) is 7.62. The van der Waals surface area contributed by atoms with Crippen LogP contribution in [0.2, 0.25) is 0 Å². The molecule has 0 saturated carbocycles. The first-order chi connectivity index (χ1) is 9.80. The molecule has 21 heavy (non-hydrogen) atoms. The third-order valence-corrected chi connectivity index (χ3v) is 5.10. The molecule has 1 aliphatic heterocycles. The lowest BCUT2D eigenvalue weighted by Crippen LogP contribution is -2.39. The average Bonchev–Trinajstić information content (AvgIpc) is 2.65. The summed E-state index contributed by atoms with van der Waals surface area (Å²) in [6, 6.07) is 0. The molecule has 0 aromatic carbocycles. The van der Waals surface area contributed by atoms with Gasteiger partial charge in [0.05, 0.1) is 6.26 Å². The van der Waals surface area contributed by atoms with E-state index >= 15 is 0 Å². The highest BCUT2D eigenvalue weighted by Crippen LogP contribution is 2.11. The average molecular weight is 319 g/mol. The normalized spacial score (nSPS) is 17.3. The number of carbonyl (C=O) groups excluding carboxylic acids is 1. The van der Waals surface area contributed by atoms with E-state index in [1.807, 2.05) is 23.9 Å². The number of hydrogen-bond acceptors (Lipinski definition) is 4. The van der Waals surface area contributed by atoms with E-state index in [2.05, 4.69) is 0 Å². The summed E-state index contributed by atoms with van der Waals surface area (Å²) in [4.78, 5) is 16.0. The maximum atomic E-state index is 12.2. The molecule has 0 unspecified atom stereocenters. The second-order valence-corrected chi connectivity index (χ2v) is 7.99. The van der Waals surface area contributed by atoms with Gasteiger partial charge in [0.15, 0.2) is 0 Å². The topological polar surface area (TPSA) is 60.9 Å². The van der Waals surface area contributed by atoms with E-state index in [0.717, 1.165) is 25.9 Å². The molecular weight excluding hydrogens is 290 g/mol. The van der Waals surface area contributed by atoms with Crippen molar-refractivity contribution in [2.75, 3.05) is 53.1 Å². The summed E-state index contributed by atoms with van der Waals surface area (Å²) >= 11 is 0. The summed E-state index contributed by atoms with van der Waals surface area (Å²) in [5.74, 6) is 0.0791. The second kappa shape index (κ2) is 8.70. The van der Waals surface area contributed by atoms with E-state index in [9.17, 15) is 13.2 Å². The van der Waals surface area contributed by atoms with E-state index < -0.39 is 10.0 Å². The number of hydrogen-bond donors (Lipinski definition) is 0. The van der Waals surface area contributed by atoms with Gasteiger partial charge in [-0.1, -0.05) is 12.8 Å². The van der Waals surface area contributed by atoms with Crippen molar-refractivity contribution in [1.82, 2.24) is 14.1 Å². The molecule has 124 valence electrons. The van der Waals surface area contributed by atoms with Crippen molar-refractivity contribution in [2.45, 2.75) is 32.1 Å². The molecule has 1 aliphatic rings. The Morgan fingerprint density at radius 1 is 1.00 bits per heavy atom. The van der Waals surface area contributed by atoms with E-state index in [0.29, 0.717) is 13.1 Å². The first kappa shape index (κ1) is 18.4. The highest BCUT2D eigenvalue weighted by Gasteiger charge is 2.20. The Bertz CT molecular complexity index is 415. The first-order valence-electron chi connectivity index (χ1n) is 7.68. The van der Waals surface area contributed by atoms with Crippen LogP contribution in [0.15, 0.2) is 0 Å². The zero-order valence-electron chi connectivity index (χ0n) is 13.5. The smallest absolute Gasteiger partial charge is 0.223 e. The van der Waals surface area contributed by atoms with Crippen LogP contribution >= 0.6 is 0 Å². The number of carbonyl (C=O) groups is 1. The van der Waals surface area contributed by atoms with Crippen molar-refractivity contribution in [3.05, 3.63) is 0 Å². The Morgan fingerprint density at radius 3 is 2.05 bits per heavy atom. The van der Waals surface area contributed by atoms with Crippen LogP contribution in [-0.4, -0.2) is 81.5 Å². The Balaban J connectivity index is 2.49. The van der Waals surface area contributed by atoms with Crippen LogP contribution in [0.1, 0.15) is 32.1 Å². The van der Waals surface area contributed by atoms with E-state index in [1.165, 1.54) is 23.4 Å². The summed E-state index contributed by atoms with van der Waals surface area (Å²) < 4.78 is 24.9. The predicted molar refractivity (Wildman–Crippen MR) is 84.6 cm³/mol. The van der Waals surface area contributed by atoms with Gasteiger partial charge in [-0.05, 0) is 26.9 Å². The maximum Gasteiger partial charge on any atom is 0.223 e. The van der Waals surface area contributed by atoms with Gasteiger partial charge in [-0.3, -0.25) is 4.79 Å². The molecule has 1 rings (SSSR count). The molecule has 0 aliphatic carbocycles. The third-order valence-electron chi connectivity index (χ3n) is 3.80. The number of nitrogens with zero attached hydrogens (tertiary/aromatic N) is 3. The number of rotatable bonds is 7. The minimum absolute atomic E-state index is 0.0791. The SMILES string of the molecule is CN(C)CCN(CCC(=O)N1CCCCCC1)S(C)(=O)=O. The number of likely N-dealkylation sites (tertiary alicyclic amines) is 1. The van der Waals surface area contributed by atoms with Crippen LogP contribution in [0.3, 0.4) is 0 Å². The quantitative estimate of drug-likeness (QED) is 0.689. The van der Waals surface area contributed by atoms with E-state index in [4.69, 9.17) is 0 Å². The summed E-state index contributed by atoms with van der Waals surface area (Å²) in [5.41, 5.74) is 0. The number of likely N-dealkylation sites (N-methyl/N-ethyl adjacent to an activating group) is 1. The first-order valence-corrected chi connectivity index (χ1v) is 9.53. The largest absolute Gasteiger partial charge is 0.343 e. The lowest BCUT2D eigenvalue weighted by molar-refractivity contribution is -0.131. The molecule has 7 heteroatoms. The Morgan fingerprint density at radius 2 is 1.57 bits per heavy atom. The molecular formula is C14H29N3O3S. The molecule has 0 bridgehead atoms. The highest BCUT2D eigenvalue weighted by molar-refractivity contribution is 7.88. The second-order valence-electron chi connectivity index (χ2n) is 6.01. The van der Waals surface area contributed by atoms with Crippen LogP contribution in [0.5, 0.6) is 0 Å². The minimum Gasteiger partial charge on any atom is -0.343 e. The maximum absolute atomic E-state index is 12.2. The molecule has 1 amide bonds. The number of sulfonamides is 1. The van der Waals surface area contributed by atoms with Crippen molar-refractivity contribution >= 4 is 15.9 Å². The van der Waals surface area contributed by atoms with Gasteiger partial charge in [0, 0.05) is 39.1 Å². The van der Waals surface area contributed by atoms with Gasteiger partial charge in [0.1, 0.15) is 0 Å². The molecule has 1 heterocycles. The van der Waals surface area contributed by atoms with Gasteiger partial charge in [0.2, 0.25) is 15.9 Å². The molecule has 0 spiro atoms. The molecule has 0 radical (unpaired) electrons. The minimum atomic E-state index is -3.26. The molecule has 0 aromatic rings. The van der Waals surface area contributed by atoms with Crippen LogP contribution in [0.4, 0.5) is 0 Å². The van der Waals surface area contributed by atoms with Crippen molar-refractivity contribution in [3.8, 4) is 0 Å². The van der Waals surface area contributed by atoms with Gasteiger partial charge in [-0.2, -0.15) is 0 Å². The molecule has 1 saturated heterocycles. The third kappa shape index (κ3) is 7.24. The summed E-state index contributed by atoms with van der Waals surface area (Å²) in [7, 11) is 0.553. The standard InChI is InChI=1S/C14H29N3O3S/c1-15(2)12-13-17(21(3,19)20)11-8-14(18)16-9-6-4-5-7-10-16/h4-13H2,1-3H3. The molecule has 0 aromatic heterocycles. The fourth-order valence-corrected chi connectivity index (χ4v) is 3.29. The van der Waals surface area contributed by atoms with E-state index in [1.54, 1.807) is 0 Å². The van der Waals surface area contributed by atoms with Crippen molar-refractivity contribution in [2.24, 2.45) is 0 Å². The Hall–Kier alpha value is -0.660. The molecule has 0 atom stereocenters. The lowest BCUT2D eigenvalue weighted by atomic mass is 10.2. The van der Waals surface area contributed by atoms with Crippen molar-refractivity contribution in [1.29, 1.82) is 0 Å². The fourth-order valence-electron chi connectivity index (χ4n) is 2.45. The van der Waals surface area contributed by atoms with Gasteiger partial charge in [-0.15, -0.1) is 0 Å². The molecule has 6 nitrogen and oxygen atoms in total. The van der Waals surface area contributed by atoms with Crippen LogP contribution in [-0.2, 0) is 14.8 Å². The zero-order chi connectivity index (χ0) is 15.9. The summed E-state index contributed by atoms with van der Waals surface area (Å²) in [6.45, 7) is 3.00. The fraction of sp³-hybridized carbons (Fsp3) is 0.929. The Labute approximate surface area is 129 Å². The van der Waals surface area contributed by atoms with Gasteiger partial charge in [-0.25, -0.2) is 12.7 Å². The predicted octanol–water partition coefficient (Wildman–Crippen LogP) is 0.602. The summed E-state index contributed by atoms with van der Waals surface area (Å²) in [5, 5.41) is 0. The lowest BCUT2D eigenvalue weighted by Gasteiger charge is -2.24. The van der Waals surface area contributed by atoms with Crippen LogP contribution in [0, 0.1) is 0 Å². The van der Waals surface area contributed by atoms with Gasteiger partial charge in [0.25, 0.3) is 0 Å². The van der Waals surface area contributed by atoms with Crippen molar-refractivity contribution in [3.63, 3.8) is 0 Å². The number of amides is 1. The van der Waals surface area contributed by atoms with Gasteiger partial charge >= 0.3 is 0 Å². The highest BCUT2D eigenvalue weighted by atomic mass is 32.2. The molecule has 0 N–H and O–H groups in total. The van der Waals surface area contributed by atoms with E-state index in [-0.39, 0.29) is 18.9 Å². The molecule has 1 fully saturated rings. The van der Waals surface area contributed by atoms with Gasteiger partial charge < -0.3 is 9.80 Å². The zero-order valence-corrected chi connectivity index (χ0v) is 14.4. The van der Waals surface area contributed by atoms with Crippen LogP contribution in [0.25, 0.3) is 0 Å².